The summed E-state index contributed by atoms with van der Waals surface area (Å²) in [6.45, 7) is 2.61. The van der Waals surface area contributed by atoms with Crippen LogP contribution in [-0.4, -0.2) is 27.2 Å². The highest BCUT2D eigenvalue weighted by Gasteiger charge is 2.24. The molecule has 2 N–H and O–H groups in total. The Morgan fingerprint density at radius 3 is 2.87 bits per heavy atom. The van der Waals surface area contributed by atoms with E-state index in [9.17, 15) is 5.11 Å². The van der Waals surface area contributed by atoms with E-state index in [1.54, 1.807) is 12.4 Å². The molecular formula is C11H17N3O. The first kappa shape index (κ1) is 10.5. The number of hydrogen-bond acceptors (Lipinski definition) is 4. The summed E-state index contributed by atoms with van der Waals surface area (Å²) in [7, 11) is 0. The van der Waals surface area contributed by atoms with Gasteiger partial charge in [0, 0.05) is 25.0 Å². The quantitative estimate of drug-likeness (QED) is 0.769. The average Bonchev–Trinajstić information content (AvgIpc) is 2.63. The molecule has 0 aliphatic heterocycles. The Hall–Kier alpha value is -1.00. The highest BCUT2D eigenvalue weighted by atomic mass is 16.3. The Bertz CT molecular complexity index is 312. The fraction of sp³-hybridized carbons (Fsp3) is 0.636. The van der Waals surface area contributed by atoms with Crippen LogP contribution in [0.15, 0.2) is 12.4 Å². The molecule has 1 heterocycles. The van der Waals surface area contributed by atoms with E-state index in [1.165, 1.54) is 0 Å². The van der Waals surface area contributed by atoms with E-state index in [4.69, 9.17) is 0 Å². The van der Waals surface area contributed by atoms with E-state index in [2.05, 4.69) is 15.3 Å². The summed E-state index contributed by atoms with van der Waals surface area (Å²) in [6.07, 6.45) is 6.44. The van der Waals surface area contributed by atoms with Crippen LogP contribution in [0.3, 0.4) is 0 Å². The normalized spacial score (nSPS) is 25.7. The van der Waals surface area contributed by atoms with Gasteiger partial charge in [-0.15, -0.1) is 0 Å². The third kappa shape index (κ3) is 2.73. The topological polar surface area (TPSA) is 58.0 Å². The highest BCUT2D eigenvalue weighted by molar-refractivity contribution is 5.00. The average molecular weight is 207 g/mol. The van der Waals surface area contributed by atoms with Crippen molar-refractivity contribution in [1.82, 2.24) is 15.3 Å². The minimum absolute atomic E-state index is 0.191. The van der Waals surface area contributed by atoms with Gasteiger partial charge in [-0.1, -0.05) is 0 Å². The molecule has 15 heavy (non-hydrogen) atoms. The van der Waals surface area contributed by atoms with Crippen molar-refractivity contribution in [2.75, 3.05) is 0 Å². The van der Waals surface area contributed by atoms with Crippen LogP contribution in [0.1, 0.15) is 30.7 Å². The molecule has 0 amide bonds. The van der Waals surface area contributed by atoms with Gasteiger partial charge in [0.1, 0.15) is 0 Å². The largest absolute Gasteiger partial charge is 0.392 e. The lowest BCUT2D eigenvalue weighted by Crippen LogP contribution is -2.35. The van der Waals surface area contributed by atoms with Crippen LogP contribution in [0.2, 0.25) is 0 Å². The van der Waals surface area contributed by atoms with Gasteiger partial charge in [0.05, 0.1) is 17.5 Å². The monoisotopic (exact) mass is 207 g/mol. The fourth-order valence-electron chi connectivity index (χ4n) is 1.92. The van der Waals surface area contributed by atoms with Crippen molar-refractivity contribution < 1.29 is 5.11 Å². The number of aliphatic hydroxyl groups is 1. The van der Waals surface area contributed by atoms with Gasteiger partial charge in [-0.3, -0.25) is 9.97 Å². The molecule has 1 fully saturated rings. The molecule has 1 saturated carbocycles. The van der Waals surface area contributed by atoms with E-state index >= 15 is 0 Å². The zero-order valence-corrected chi connectivity index (χ0v) is 8.98. The van der Waals surface area contributed by atoms with Crippen LogP contribution >= 0.6 is 0 Å². The number of aromatic nitrogens is 2. The van der Waals surface area contributed by atoms with Gasteiger partial charge < -0.3 is 10.4 Å². The predicted octanol–water partition coefficient (Wildman–Crippen LogP) is 0.788. The minimum Gasteiger partial charge on any atom is -0.392 e. The molecule has 0 unspecified atom stereocenters. The van der Waals surface area contributed by atoms with Gasteiger partial charge in [0.15, 0.2) is 0 Å². The number of aliphatic hydroxyl groups excluding tert-OH is 1. The van der Waals surface area contributed by atoms with Gasteiger partial charge in [-0.05, 0) is 26.2 Å². The zero-order valence-electron chi connectivity index (χ0n) is 8.98. The summed E-state index contributed by atoms with van der Waals surface area (Å²) in [5.74, 6) is 0. The molecule has 2 atom stereocenters. The number of hydrogen-bond donors (Lipinski definition) is 2. The first-order chi connectivity index (χ1) is 7.25. The van der Waals surface area contributed by atoms with Crippen molar-refractivity contribution >= 4 is 0 Å². The second-order valence-electron chi connectivity index (χ2n) is 4.13. The summed E-state index contributed by atoms with van der Waals surface area (Å²) in [6, 6.07) is 0.230. The molecule has 0 spiro atoms. The molecule has 82 valence electrons. The van der Waals surface area contributed by atoms with Gasteiger partial charge >= 0.3 is 0 Å². The summed E-state index contributed by atoms with van der Waals surface area (Å²) in [4.78, 5) is 8.44. The number of nitrogens with one attached hydrogen (secondary N) is 1. The van der Waals surface area contributed by atoms with Crippen LogP contribution in [-0.2, 0) is 6.54 Å². The van der Waals surface area contributed by atoms with Crippen molar-refractivity contribution in [1.29, 1.82) is 0 Å². The summed E-state index contributed by atoms with van der Waals surface area (Å²) < 4.78 is 0. The van der Waals surface area contributed by atoms with Gasteiger partial charge in [-0.25, -0.2) is 0 Å². The van der Waals surface area contributed by atoms with Gasteiger partial charge in [-0.2, -0.15) is 0 Å². The smallest absolute Gasteiger partial charge is 0.0724 e. The third-order valence-corrected chi connectivity index (χ3v) is 2.86. The SMILES string of the molecule is Cc1cnc(CN[C@H]2CCC[C@@H]2O)cn1. The Morgan fingerprint density at radius 2 is 2.27 bits per heavy atom. The minimum atomic E-state index is -0.191. The zero-order chi connectivity index (χ0) is 10.7. The Kier molecular flexibility index (Phi) is 3.28. The van der Waals surface area contributed by atoms with E-state index in [-0.39, 0.29) is 12.1 Å². The standard InChI is InChI=1S/C11H17N3O/c1-8-5-13-9(6-12-8)7-14-10-3-2-4-11(10)15/h5-6,10-11,14-15H,2-4,7H2,1H3/t10-,11-/m0/s1. The van der Waals surface area contributed by atoms with Gasteiger partial charge in [0.2, 0.25) is 0 Å². The molecule has 0 radical (unpaired) electrons. The molecule has 1 aromatic heterocycles. The molecule has 1 aliphatic rings. The number of rotatable bonds is 3. The molecule has 1 aromatic rings. The van der Waals surface area contributed by atoms with Crippen LogP contribution in [0.4, 0.5) is 0 Å². The molecule has 0 bridgehead atoms. The van der Waals surface area contributed by atoms with E-state index < -0.39 is 0 Å². The van der Waals surface area contributed by atoms with E-state index in [1.807, 2.05) is 6.92 Å². The molecular weight excluding hydrogens is 190 g/mol. The predicted molar refractivity (Wildman–Crippen MR) is 57.3 cm³/mol. The number of nitrogens with zero attached hydrogens (tertiary/aromatic N) is 2. The molecule has 0 saturated heterocycles. The summed E-state index contributed by atoms with van der Waals surface area (Å²) >= 11 is 0. The first-order valence-electron chi connectivity index (χ1n) is 5.44. The van der Waals surface area contributed by atoms with Crippen molar-refractivity contribution in [3.63, 3.8) is 0 Å². The lowest BCUT2D eigenvalue weighted by atomic mass is 10.2. The Labute approximate surface area is 89.8 Å². The molecule has 4 heteroatoms. The van der Waals surface area contributed by atoms with Crippen LogP contribution in [0.25, 0.3) is 0 Å². The highest BCUT2D eigenvalue weighted by Crippen LogP contribution is 2.18. The maximum Gasteiger partial charge on any atom is 0.0724 e. The first-order valence-corrected chi connectivity index (χ1v) is 5.44. The Morgan fingerprint density at radius 1 is 1.40 bits per heavy atom. The van der Waals surface area contributed by atoms with Crippen molar-refractivity contribution in [2.45, 2.75) is 44.9 Å². The van der Waals surface area contributed by atoms with Gasteiger partial charge in [0.25, 0.3) is 0 Å². The molecule has 0 aromatic carbocycles. The maximum absolute atomic E-state index is 9.61. The van der Waals surface area contributed by atoms with Crippen LogP contribution in [0, 0.1) is 6.92 Å². The third-order valence-electron chi connectivity index (χ3n) is 2.86. The molecule has 2 rings (SSSR count). The molecule has 1 aliphatic carbocycles. The lowest BCUT2D eigenvalue weighted by Gasteiger charge is -2.15. The lowest BCUT2D eigenvalue weighted by molar-refractivity contribution is 0.148. The van der Waals surface area contributed by atoms with Crippen molar-refractivity contribution in [3.8, 4) is 0 Å². The Balaban J connectivity index is 1.85. The molecule has 4 nitrogen and oxygen atoms in total. The second kappa shape index (κ2) is 4.68. The maximum atomic E-state index is 9.61. The fourth-order valence-corrected chi connectivity index (χ4v) is 1.92. The van der Waals surface area contributed by atoms with Crippen LogP contribution < -0.4 is 5.32 Å². The second-order valence-corrected chi connectivity index (χ2v) is 4.13. The van der Waals surface area contributed by atoms with E-state index in [0.717, 1.165) is 30.7 Å². The van der Waals surface area contributed by atoms with Crippen molar-refractivity contribution in [2.24, 2.45) is 0 Å². The summed E-state index contributed by atoms with van der Waals surface area (Å²) in [5.41, 5.74) is 1.86. The number of aryl methyl sites for hydroxylation is 1. The van der Waals surface area contributed by atoms with Crippen LogP contribution in [0.5, 0.6) is 0 Å². The summed E-state index contributed by atoms with van der Waals surface area (Å²) in [5, 5.41) is 12.9. The van der Waals surface area contributed by atoms with Crippen molar-refractivity contribution in [3.05, 3.63) is 23.8 Å². The van der Waals surface area contributed by atoms with E-state index in [0.29, 0.717) is 6.54 Å².